The summed E-state index contributed by atoms with van der Waals surface area (Å²) in [7, 11) is 1.69. The van der Waals surface area contributed by atoms with Gasteiger partial charge in [-0.3, -0.25) is 4.79 Å². The average molecular weight is 268 g/mol. The fourth-order valence-corrected chi connectivity index (χ4v) is 2.82. The Bertz CT molecular complexity index is 492. The quantitative estimate of drug-likeness (QED) is 0.631. The van der Waals surface area contributed by atoms with Crippen LogP contribution in [0.2, 0.25) is 0 Å². The van der Waals surface area contributed by atoms with Gasteiger partial charge in [0.15, 0.2) is 5.78 Å². The molecule has 1 aromatic heterocycles. The summed E-state index contributed by atoms with van der Waals surface area (Å²) in [5.41, 5.74) is 6.46. The van der Waals surface area contributed by atoms with E-state index in [1.54, 1.807) is 14.0 Å². The topological polar surface area (TPSA) is 81.4 Å². The number of carbonyl (C=O) groups excluding carboxylic acids is 2. The maximum atomic E-state index is 12.0. The summed E-state index contributed by atoms with van der Waals surface area (Å²) < 4.78 is 4.96. The summed E-state index contributed by atoms with van der Waals surface area (Å²) in [4.78, 5) is 24.3. The van der Waals surface area contributed by atoms with Gasteiger partial charge in [0.25, 0.3) is 0 Å². The molecule has 6 heteroatoms. The SMILES string of the molecule is CCOC(=O)c1c(NC)sc(C(=O)C2CC2)c1N. The van der Waals surface area contributed by atoms with Crippen molar-refractivity contribution >= 4 is 33.8 Å². The molecule has 0 atom stereocenters. The van der Waals surface area contributed by atoms with Crippen molar-refractivity contribution in [2.75, 3.05) is 24.7 Å². The molecule has 3 N–H and O–H groups in total. The average Bonchev–Trinajstić information content (AvgIpc) is 3.12. The second kappa shape index (κ2) is 4.97. The molecule has 0 spiro atoms. The van der Waals surface area contributed by atoms with Gasteiger partial charge in [0.05, 0.1) is 17.2 Å². The number of esters is 1. The summed E-state index contributed by atoms with van der Waals surface area (Å²) in [6, 6.07) is 0. The monoisotopic (exact) mass is 268 g/mol. The van der Waals surface area contributed by atoms with Crippen molar-refractivity contribution < 1.29 is 14.3 Å². The zero-order chi connectivity index (χ0) is 13.3. The lowest BCUT2D eigenvalue weighted by molar-refractivity contribution is 0.0529. The molecule has 0 radical (unpaired) electrons. The van der Waals surface area contributed by atoms with Crippen LogP contribution in [0.25, 0.3) is 0 Å². The number of hydrogen-bond donors (Lipinski definition) is 2. The highest BCUT2D eigenvalue weighted by Crippen LogP contribution is 2.41. The number of thiophene rings is 1. The van der Waals surface area contributed by atoms with Crippen LogP contribution in [-0.2, 0) is 4.74 Å². The van der Waals surface area contributed by atoms with Gasteiger partial charge in [-0.25, -0.2) is 4.79 Å². The molecule has 1 aromatic rings. The number of ketones is 1. The van der Waals surface area contributed by atoms with Crippen LogP contribution < -0.4 is 11.1 Å². The van der Waals surface area contributed by atoms with Gasteiger partial charge < -0.3 is 15.8 Å². The Morgan fingerprint density at radius 3 is 2.67 bits per heavy atom. The van der Waals surface area contributed by atoms with E-state index < -0.39 is 5.97 Å². The highest BCUT2D eigenvalue weighted by molar-refractivity contribution is 7.19. The van der Waals surface area contributed by atoms with E-state index in [0.717, 1.165) is 12.8 Å². The second-order valence-corrected chi connectivity index (χ2v) is 5.18. The van der Waals surface area contributed by atoms with Gasteiger partial charge >= 0.3 is 5.97 Å². The third-order valence-electron chi connectivity index (χ3n) is 2.82. The van der Waals surface area contributed by atoms with Gasteiger partial charge in [0.1, 0.15) is 10.6 Å². The van der Waals surface area contributed by atoms with Crippen molar-refractivity contribution in [2.45, 2.75) is 19.8 Å². The summed E-state index contributed by atoms with van der Waals surface area (Å²) in [5, 5.41) is 3.49. The molecule has 98 valence electrons. The highest BCUT2D eigenvalue weighted by Gasteiger charge is 2.35. The summed E-state index contributed by atoms with van der Waals surface area (Å²) in [5.74, 6) is -0.347. The van der Waals surface area contributed by atoms with Crippen LogP contribution in [0.3, 0.4) is 0 Å². The number of rotatable bonds is 5. The maximum Gasteiger partial charge on any atom is 0.343 e. The van der Waals surface area contributed by atoms with Gasteiger partial charge in [-0.05, 0) is 19.8 Å². The minimum atomic E-state index is -0.481. The first-order valence-electron chi connectivity index (χ1n) is 5.91. The number of nitrogens with one attached hydrogen (secondary N) is 1. The third kappa shape index (κ3) is 2.20. The first-order chi connectivity index (χ1) is 8.60. The lowest BCUT2D eigenvalue weighted by Gasteiger charge is -2.04. The van der Waals surface area contributed by atoms with Crippen LogP contribution >= 0.6 is 11.3 Å². The van der Waals surface area contributed by atoms with Gasteiger partial charge in [0, 0.05) is 13.0 Å². The number of anilines is 2. The molecule has 0 aromatic carbocycles. The van der Waals surface area contributed by atoms with Crippen LogP contribution in [0.5, 0.6) is 0 Å². The van der Waals surface area contributed by atoms with Gasteiger partial charge in [-0.15, -0.1) is 11.3 Å². The lowest BCUT2D eigenvalue weighted by atomic mass is 10.1. The van der Waals surface area contributed by atoms with E-state index in [2.05, 4.69) is 5.32 Å². The van der Waals surface area contributed by atoms with E-state index in [9.17, 15) is 9.59 Å². The Hall–Kier alpha value is -1.56. The van der Waals surface area contributed by atoms with Crippen molar-refractivity contribution in [1.82, 2.24) is 0 Å². The Kier molecular flexibility index (Phi) is 3.56. The first-order valence-corrected chi connectivity index (χ1v) is 6.73. The largest absolute Gasteiger partial charge is 0.462 e. The zero-order valence-electron chi connectivity index (χ0n) is 10.4. The van der Waals surface area contributed by atoms with E-state index >= 15 is 0 Å². The minimum absolute atomic E-state index is 0.0459. The number of nitrogen functional groups attached to an aromatic ring is 1. The Labute approximate surface area is 109 Å². The van der Waals surface area contributed by atoms with Crippen LogP contribution in [0, 0.1) is 5.92 Å². The molecule has 0 unspecified atom stereocenters. The number of nitrogens with two attached hydrogens (primary N) is 1. The minimum Gasteiger partial charge on any atom is -0.462 e. The molecule has 0 saturated heterocycles. The molecule has 0 bridgehead atoms. The van der Waals surface area contributed by atoms with E-state index in [1.807, 2.05) is 0 Å². The zero-order valence-corrected chi connectivity index (χ0v) is 11.2. The van der Waals surface area contributed by atoms with Crippen molar-refractivity contribution in [3.05, 3.63) is 10.4 Å². The lowest BCUT2D eigenvalue weighted by Crippen LogP contribution is -2.10. The predicted octanol–water partition coefficient (Wildman–Crippen LogP) is 2.14. The number of ether oxygens (including phenoxy) is 1. The van der Waals surface area contributed by atoms with Crippen molar-refractivity contribution in [2.24, 2.45) is 5.92 Å². The van der Waals surface area contributed by atoms with Crippen LogP contribution in [0.15, 0.2) is 0 Å². The van der Waals surface area contributed by atoms with Crippen molar-refractivity contribution in [3.8, 4) is 0 Å². The highest BCUT2D eigenvalue weighted by atomic mass is 32.1. The van der Waals surface area contributed by atoms with E-state index in [4.69, 9.17) is 10.5 Å². The fourth-order valence-electron chi connectivity index (χ4n) is 1.74. The first kappa shape index (κ1) is 12.9. The Morgan fingerprint density at radius 1 is 1.50 bits per heavy atom. The van der Waals surface area contributed by atoms with Crippen LogP contribution in [0.4, 0.5) is 10.7 Å². The summed E-state index contributed by atoms with van der Waals surface area (Å²) in [6.45, 7) is 2.01. The third-order valence-corrected chi connectivity index (χ3v) is 4.06. The molecule has 0 amide bonds. The van der Waals surface area contributed by atoms with Gasteiger partial charge in [-0.1, -0.05) is 0 Å². The normalized spacial score (nSPS) is 14.3. The summed E-state index contributed by atoms with van der Waals surface area (Å²) in [6.07, 6.45) is 1.83. The number of hydrogen-bond acceptors (Lipinski definition) is 6. The molecule has 1 saturated carbocycles. The second-order valence-electron chi connectivity index (χ2n) is 4.16. The molecule has 1 aliphatic carbocycles. The number of carbonyl (C=O) groups is 2. The summed E-state index contributed by atoms with van der Waals surface area (Å²) >= 11 is 1.23. The predicted molar refractivity (Wildman–Crippen MR) is 71.3 cm³/mol. The van der Waals surface area contributed by atoms with Crippen molar-refractivity contribution in [3.63, 3.8) is 0 Å². The van der Waals surface area contributed by atoms with Gasteiger partial charge in [-0.2, -0.15) is 0 Å². The Balaban J connectivity index is 2.38. The van der Waals surface area contributed by atoms with Crippen LogP contribution in [-0.4, -0.2) is 25.4 Å². The molecule has 18 heavy (non-hydrogen) atoms. The van der Waals surface area contributed by atoms with Gasteiger partial charge in [0.2, 0.25) is 0 Å². The Morgan fingerprint density at radius 2 is 2.17 bits per heavy atom. The van der Waals surface area contributed by atoms with Crippen molar-refractivity contribution in [1.29, 1.82) is 0 Å². The van der Waals surface area contributed by atoms with E-state index in [0.29, 0.717) is 9.88 Å². The molecule has 0 aliphatic heterocycles. The molecule has 5 nitrogen and oxygen atoms in total. The molecular weight excluding hydrogens is 252 g/mol. The molecule has 2 rings (SSSR count). The molecule has 1 aliphatic rings. The van der Waals surface area contributed by atoms with Crippen LogP contribution in [0.1, 0.15) is 39.8 Å². The molecule has 1 fully saturated rings. The smallest absolute Gasteiger partial charge is 0.343 e. The molecular formula is C12H16N2O3S. The van der Waals surface area contributed by atoms with E-state index in [1.165, 1.54) is 11.3 Å². The fraction of sp³-hybridized carbons (Fsp3) is 0.500. The van der Waals surface area contributed by atoms with E-state index in [-0.39, 0.29) is 29.6 Å². The molecule has 1 heterocycles. The maximum absolute atomic E-state index is 12.0. The number of Topliss-reactive ketones (excluding diaryl/α,β-unsaturated/α-hetero) is 1. The standard InChI is InChI=1S/C12H16N2O3S/c1-3-17-12(16)7-8(13)10(18-11(7)14-2)9(15)6-4-5-6/h6,14H,3-5,13H2,1-2H3.